The molecule has 1 saturated heterocycles. The van der Waals surface area contributed by atoms with Crippen molar-refractivity contribution in [2.75, 3.05) is 20.1 Å². The van der Waals surface area contributed by atoms with Gasteiger partial charge in [0.05, 0.1) is 0 Å². The zero-order valence-electron chi connectivity index (χ0n) is 10.9. The maximum absolute atomic E-state index is 6.00. The highest BCUT2D eigenvalue weighted by molar-refractivity contribution is 6.34. The van der Waals surface area contributed by atoms with E-state index in [0.717, 1.165) is 25.2 Å². The molecule has 1 N–H and O–H groups in total. The van der Waals surface area contributed by atoms with Crippen LogP contribution in [0.25, 0.3) is 0 Å². The van der Waals surface area contributed by atoms with E-state index in [2.05, 4.69) is 24.2 Å². The van der Waals surface area contributed by atoms with Crippen molar-refractivity contribution < 1.29 is 0 Å². The molecule has 18 heavy (non-hydrogen) atoms. The van der Waals surface area contributed by atoms with E-state index in [0.29, 0.717) is 22.0 Å². The lowest BCUT2D eigenvalue weighted by molar-refractivity contribution is 0.174. The molecule has 1 aromatic rings. The second-order valence-electron chi connectivity index (χ2n) is 5.29. The minimum Gasteiger partial charge on any atom is -0.310 e. The first kappa shape index (κ1) is 14.1. The van der Waals surface area contributed by atoms with Gasteiger partial charge in [0.25, 0.3) is 0 Å². The van der Waals surface area contributed by atoms with Crippen molar-refractivity contribution in [3.05, 3.63) is 33.8 Å². The molecule has 2 unspecified atom stereocenters. The summed E-state index contributed by atoms with van der Waals surface area (Å²) in [5, 5.41) is 5.03. The third-order valence-corrected chi connectivity index (χ3v) is 4.04. The van der Waals surface area contributed by atoms with E-state index < -0.39 is 0 Å². The fourth-order valence-electron chi connectivity index (χ4n) is 2.62. The van der Waals surface area contributed by atoms with Gasteiger partial charge in [0.2, 0.25) is 0 Å². The molecule has 0 radical (unpaired) electrons. The summed E-state index contributed by atoms with van der Waals surface area (Å²) in [6.45, 7) is 5.46. The predicted molar refractivity (Wildman–Crippen MR) is 78.4 cm³/mol. The van der Waals surface area contributed by atoms with Gasteiger partial charge in [-0.15, -0.1) is 0 Å². The van der Waals surface area contributed by atoms with Crippen LogP contribution >= 0.6 is 23.2 Å². The summed E-state index contributed by atoms with van der Waals surface area (Å²) in [5.74, 6) is 0.679. The molecule has 1 fully saturated rings. The molecule has 2 atom stereocenters. The molecule has 0 aromatic heterocycles. The van der Waals surface area contributed by atoms with Gasteiger partial charge in [-0.25, -0.2) is 0 Å². The Morgan fingerprint density at radius 2 is 1.94 bits per heavy atom. The summed E-state index contributed by atoms with van der Waals surface area (Å²) >= 11 is 12.0. The largest absolute Gasteiger partial charge is 0.310 e. The van der Waals surface area contributed by atoms with Gasteiger partial charge in [0.1, 0.15) is 0 Å². The average Bonchev–Trinajstić information content (AvgIpc) is 2.26. The highest BCUT2D eigenvalue weighted by Crippen LogP contribution is 2.20. The lowest BCUT2D eigenvalue weighted by Crippen LogP contribution is -2.46. The monoisotopic (exact) mass is 286 g/mol. The maximum Gasteiger partial charge on any atom is 0.0424 e. The highest BCUT2D eigenvalue weighted by Gasteiger charge is 2.23. The minimum atomic E-state index is 0.582. The van der Waals surface area contributed by atoms with Crippen LogP contribution in [0.5, 0.6) is 0 Å². The van der Waals surface area contributed by atoms with E-state index in [9.17, 15) is 0 Å². The molecule has 1 aliphatic heterocycles. The standard InChI is InChI=1S/C14H20Cl2N2/c1-10-9-18(2)4-3-14(10)17-8-11-5-12(15)7-13(16)6-11/h5-7,10,14,17H,3-4,8-9H2,1-2H3. The second-order valence-corrected chi connectivity index (χ2v) is 6.17. The van der Waals surface area contributed by atoms with Crippen LogP contribution in [0.1, 0.15) is 18.9 Å². The van der Waals surface area contributed by atoms with Gasteiger partial charge in [-0.3, -0.25) is 0 Å². The number of nitrogens with zero attached hydrogens (tertiary/aromatic N) is 1. The van der Waals surface area contributed by atoms with Crippen molar-refractivity contribution in [1.29, 1.82) is 0 Å². The van der Waals surface area contributed by atoms with Gasteiger partial charge in [-0.2, -0.15) is 0 Å². The summed E-state index contributed by atoms with van der Waals surface area (Å²) in [4.78, 5) is 2.39. The van der Waals surface area contributed by atoms with Crippen LogP contribution in [0, 0.1) is 5.92 Å². The van der Waals surface area contributed by atoms with Gasteiger partial charge >= 0.3 is 0 Å². The molecule has 1 aliphatic rings. The molecule has 1 heterocycles. The molecular formula is C14H20Cl2N2. The SMILES string of the molecule is CC1CN(C)CCC1NCc1cc(Cl)cc(Cl)c1. The van der Waals surface area contributed by atoms with E-state index in [1.807, 2.05) is 12.1 Å². The summed E-state index contributed by atoms with van der Waals surface area (Å²) < 4.78 is 0. The summed E-state index contributed by atoms with van der Waals surface area (Å²) in [6.07, 6.45) is 1.20. The topological polar surface area (TPSA) is 15.3 Å². The first-order valence-corrected chi connectivity index (χ1v) is 7.17. The zero-order chi connectivity index (χ0) is 13.1. The first-order valence-electron chi connectivity index (χ1n) is 6.41. The normalized spacial score (nSPS) is 25.3. The molecule has 2 rings (SSSR count). The summed E-state index contributed by atoms with van der Waals surface area (Å²) in [6, 6.07) is 6.30. The van der Waals surface area contributed by atoms with Crippen molar-refractivity contribution >= 4 is 23.2 Å². The van der Waals surface area contributed by atoms with Crippen LogP contribution in [0.4, 0.5) is 0 Å². The quantitative estimate of drug-likeness (QED) is 0.916. The van der Waals surface area contributed by atoms with Crippen LogP contribution in [0.15, 0.2) is 18.2 Å². The Hall–Kier alpha value is -0.280. The predicted octanol–water partition coefficient (Wildman–Crippen LogP) is 3.42. The van der Waals surface area contributed by atoms with Gasteiger partial charge in [0.15, 0.2) is 0 Å². The smallest absolute Gasteiger partial charge is 0.0424 e. The number of halogens is 2. The molecule has 100 valence electrons. The Bertz CT molecular complexity index is 389. The van der Waals surface area contributed by atoms with Crippen molar-refractivity contribution in [3.8, 4) is 0 Å². The van der Waals surface area contributed by atoms with E-state index in [1.54, 1.807) is 6.07 Å². The van der Waals surface area contributed by atoms with Gasteiger partial charge in [0, 0.05) is 29.2 Å². The number of likely N-dealkylation sites (tertiary alicyclic amines) is 1. The highest BCUT2D eigenvalue weighted by atomic mass is 35.5. The molecule has 1 aromatic carbocycles. The van der Waals surface area contributed by atoms with Crippen molar-refractivity contribution in [1.82, 2.24) is 10.2 Å². The fourth-order valence-corrected chi connectivity index (χ4v) is 3.19. The number of hydrogen-bond donors (Lipinski definition) is 1. The number of nitrogens with one attached hydrogen (secondary N) is 1. The number of hydrogen-bond acceptors (Lipinski definition) is 2. The van der Waals surface area contributed by atoms with E-state index in [-0.39, 0.29) is 0 Å². The van der Waals surface area contributed by atoms with E-state index in [1.165, 1.54) is 6.42 Å². The lowest BCUT2D eigenvalue weighted by atomic mass is 9.94. The Kier molecular flexibility index (Phi) is 4.91. The Morgan fingerprint density at radius 1 is 1.28 bits per heavy atom. The van der Waals surface area contributed by atoms with E-state index >= 15 is 0 Å². The van der Waals surface area contributed by atoms with Crippen LogP contribution in [-0.4, -0.2) is 31.1 Å². The first-order chi connectivity index (χ1) is 8.54. The number of benzene rings is 1. The van der Waals surface area contributed by atoms with E-state index in [4.69, 9.17) is 23.2 Å². The zero-order valence-corrected chi connectivity index (χ0v) is 12.4. The Labute approximate surface area is 119 Å². The Balaban J connectivity index is 1.91. The third-order valence-electron chi connectivity index (χ3n) is 3.60. The van der Waals surface area contributed by atoms with Crippen LogP contribution in [-0.2, 0) is 6.54 Å². The third kappa shape index (κ3) is 3.86. The van der Waals surface area contributed by atoms with Gasteiger partial charge in [-0.05, 0) is 49.7 Å². The molecule has 0 saturated carbocycles. The average molecular weight is 287 g/mol. The van der Waals surface area contributed by atoms with Crippen molar-refractivity contribution in [2.24, 2.45) is 5.92 Å². The van der Waals surface area contributed by atoms with Crippen LogP contribution in [0.3, 0.4) is 0 Å². The van der Waals surface area contributed by atoms with Gasteiger partial charge in [-0.1, -0.05) is 30.1 Å². The molecule has 0 aliphatic carbocycles. The van der Waals surface area contributed by atoms with Crippen molar-refractivity contribution in [2.45, 2.75) is 25.9 Å². The van der Waals surface area contributed by atoms with Crippen LogP contribution in [0.2, 0.25) is 10.0 Å². The van der Waals surface area contributed by atoms with Crippen molar-refractivity contribution in [3.63, 3.8) is 0 Å². The molecular weight excluding hydrogens is 267 g/mol. The summed E-state index contributed by atoms with van der Waals surface area (Å²) in [5.41, 5.74) is 1.15. The minimum absolute atomic E-state index is 0.582. The lowest BCUT2D eigenvalue weighted by Gasteiger charge is -2.35. The van der Waals surface area contributed by atoms with Gasteiger partial charge < -0.3 is 10.2 Å². The second kappa shape index (κ2) is 6.25. The summed E-state index contributed by atoms with van der Waals surface area (Å²) in [7, 11) is 2.18. The maximum atomic E-state index is 6.00. The molecule has 4 heteroatoms. The number of piperidine rings is 1. The fraction of sp³-hybridized carbons (Fsp3) is 0.571. The molecule has 0 bridgehead atoms. The molecule has 2 nitrogen and oxygen atoms in total. The Morgan fingerprint density at radius 3 is 2.56 bits per heavy atom. The molecule has 0 amide bonds. The van der Waals surface area contributed by atoms with Crippen LogP contribution < -0.4 is 5.32 Å². The molecule has 0 spiro atoms. The number of rotatable bonds is 3.